The molecule has 2 fully saturated rings. The topological polar surface area (TPSA) is 26.8 Å². The molecule has 0 atom stereocenters. The van der Waals surface area contributed by atoms with E-state index >= 15 is 0 Å². The normalized spacial score (nSPS) is 18.6. The van der Waals surface area contributed by atoms with Crippen molar-refractivity contribution >= 4 is 23.2 Å². The number of nitrogens with zero attached hydrogens (tertiary/aromatic N) is 3. The lowest BCUT2D eigenvalue weighted by Crippen LogP contribution is -2.47. The average Bonchev–Trinajstić information content (AvgIpc) is 2.79. The van der Waals surface area contributed by atoms with Gasteiger partial charge in [-0.15, -0.1) is 0 Å². The van der Waals surface area contributed by atoms with Gasteiger partial charge in [-0.25, -0.2) is 4.39 Å². The first-order valence-electron chi connectivity index (χ1n) is 10.9. The highest BCUT2D eigenvalue weighted by Gasteiger charge is 2.25. The van der Waals surface area contributed by atoms with Crippen molar-refractivity contribution in [1.29, 1.82) is 0 Å². The lowest BCUT2D eigenvalue weighted by Gasteiger charge is -2.37. The number of hydrogen-bond donors (Lipinski definition) is 0. The van der Waals surface area contributed by atoms with E-state index < -0.39 is 0 Å². The molecule has 30 heavy (non-hydrogen) atoms. The number of likely N-dealkylation sites (tertiary alicyclic amines) is 1. The molecule has 2 aromatic carbocycles. The molecule has 0 radical (unpaired) electrons. The molecule has 160 valence electrons. The molecule has 4 rings (SSSR count). The fourth-order valence-electron chi connectivity index (χ4n) is 4.45. The molecule has 2 saturated heterocycles. The molecular weight excluding hydrogens is 401 g/mol. The number of amides is 1. The van der Waals surface area contributed by atoms with Crippen LogP contribution in [0.1, 0.15) is 29.6 Å². The Labute approximate surface area is 183 Å². The molecule has 0 bridgehead atoms. The zero-order valence-corrected chi connectivity index (χ0v) is 18.0. The van der Waals surface area contributed by atoms with Crippen molar-refractivity contribution in [2.24, 2.45) is 5.92 Å². The van der Waals surface area contributed by atoms with E-state index in [2.05, 4.69) is 9.80 Å². The van der Waals surface area contributed by atoms with E-state index in [0.717, 1.165) is 69.9 Å². The maximum atomic E-state index is 13.1. The lowest BCUT2D eigenvalue weighted by molar-refractivity contribution is 0.0680. The average molecular weight is 430 g/mol. The van der Waals surface area contributed by atoms with E-state index in [1.807, 2.05) is 29.2 Å². The van der Waals surface area contributed by atoms with E-state index in [1.165, 1.54) is 18.6 Å². The molecule has 2 heterocycles. The van der Waals surface area contributed by atoms with Gasteiger partial charge in [0, 0.05) is 55.5 Å². The standard InChI is InChI=1S/C24H29ClFN3O/c25-21-3-1-20(2-4-21)24(30)29-13-10-19(11-14-29)9-12-27-15-17-28(18-16-27)23-7-5-22(26)6-8-23/h1-8,19H,9-18H2. The number of halogens is 2. The summed E-state index contributed by atoms with van der Waals surface area (Å²) in [7, 11) is 0. The number of hydrogen-bond acceptors (Lipinski definition) is 3. The van der Waals surface area contributed by atoms with Crippen LogP contribution in [0, 0.1) is 11.7 Å². The quantitative estimate of drug-likeness (QED) is 0.698. The zero-order chi connectivity index (χ0) is 20.9. The van der Waals surface area contributed by atoms with Gasteiger partial charge in [0.15, 0.2) is 0 Å². The summed E-state index contributed by atoms with van der Waals surface area (Å²) in [4.78, 5) is 19.5. The van der Waals surface area contributed by atoms with Crippen LogP contribution in [-0.2, 0) is 0 Å². The minimum atomic E-state index is -0.182. The Morgan fingerprint density at radius 1 is 0.900 bits per heavy atom. The zero-order valence-electron chi connectivity index (χ0n) is 17.3. The van der Waals surface area contributed by atoms with Crippen LogP contribution < -0.4 is 4.90 Å². The number of carbonyl (C=O) groups is 1. The van der Waals surface area contributed by atoms with Gasteiger partial charge in [-0.1, -0.05) is 11.6 Å². The summed E-state index contributed by atoms with van der Waals surface area (Å²) >= 11 is 5.92. The van der Waals surface area contributed by atoms with Crippen molar-refractivity contribution in [2.45, 2.75) is 19.3 Å². The summed E-state index contributed by atoms with van der Waals surface area (Å²) in [5, 5.41) is 0.656. The van der Waals surface area contributed by atoms with E-state index in [-0.39, 0.29) is 11.7 Å². The summed E-state index contributed by atoms with van der Waals surface area (Å²) in [5.74, 6) is 0.620. The summed E-state index contributed by atoms with van der Waals surface area (Å²) < 4.78 is 13.1. The molecule has 2 aromatic rings. The number of benzene rings is 2. The van der Waals surface area contributed by atoms with Crippen molar-refractivity contribution in [2.75, 3.05) is 50.7 Å². The molecule has 1 amide bonds. The molecule has 0 spiro atoms. The summed E-state index contributed by atoms with van der Waals surface area (Å²) in [6.07, 6.45) is 3.35. The van der Waals surface area contributed by atoms with Crippen LogP contribution in [0.25, 0.3) is 0 Å². The Morgan fingerprint density at radius 3 is 2.17 bits per heavy atom. The fraction of sp³-hybridized carbons (Fsp3) is 0.458. The maximum absolute atomic E-state index is 13.1. The number of piperidine rings is 1. The van der Waals surface area contributed by atoms with E-state index in [9.17, 15) is 9.18 Å². The molecule has 4 nitrogen and oxygen atoms in total. The molecule has 0 unspecified atom stereocenters. The highest BCUT2D eigenvalue weighted by molar-refractivity contribution is 6.30. The Bertz CT molecular complexity index is 827. The van der Waals surface area contributed by atoms with E-state index in [0.29, 0.717) is 10.9 Å². The SMILES string of the molecule is O=C(c1ccc(Cl)cc1)N1CCC(CCN2CCN(c3ccc(F)cc3)CC2)CC1. The minimum absolute atomic E-state index is 0.113. The molecule has 0 aromatic heterocycles. The van der Waals surface area contributed by atoms with E-state index in [1.54, 1.807) is 12.1 Å². The second-order valence-corrected chi connectivity index (χ2v) is 8.77. The summed E-state index contributed by atoms with van der Waals surface area (Å²) in [6.45, 7) is 6.86. The van der Waals surface area contributed by atoms with Gasteiger partial charge in [0.1, 0.15) is 5.82 Å². The molecule has 6 heteroatoms. The molecule has 2 aliphatic rings. The largest absolute Gasteiger partial charge is 0.369 e. The Morgan fingerprint density at radius 2 is 1.53 bits per heavy atom. The van der Waals surface area contributed by atoms with Crippen molar-refractivity contribution in [3.8, 4) is 0 Å². The Balaban J connectivity index is 1.17. The maximum Gasteiger partial charge on any atom is 0.253 e. The van der Waals surface area contributed by atoms with Crippen molar-refractivity contribution in [3.63, 3.8) is 0 Å². The summed E-state index contributed by atoms with van der Waals surface area (Å²) in [6, 6.07) is 14.0. The van der Waals surface area contributed by atoms with Gasteiger partial charge in [0.2, 0.25) is 0 Å². The highest BCUT2D eigenvalue weighted by Crippen LogP contribution is 2.23. The van der Waals surface area contributed by atoms with Gasteiger partial charge in [0.25, 0.3) is 5.91 Å². The van der Waals surface area contributed by atoms with Crippen molar-refractivity contribution in [3.05, 3.63) is 64.9 Å². The highest BCUT2D eigenvalue weighted by atomic mass is 35.5. The predicted octanol–water partition coefficient (Wildman–Crippen LogP) is 4.54. The first-order chi connectivity index (χ1) is 14.6. The molecule has 2 aliphatic heterocycles. The second kappa shape index (κ2) is 9.80. The first kappa shape index (κ1) is 21.1. The molecular formula is C24H29ClFN3O. The molecule has 0 N–H and O–H groups in total. The van der Waals surface area contributed by atoms with Crippen molar-refractivity contribution in [1.82, 2.24) is 9.80 Å². The van der Waals surface area contributed by atoms with Crippen LogP contribution >= 0.6 is 11.6 Å². The van der Waals surface area contributed by atoms with Gasteiger partial charge in [-0.05, 0) is 80.3 Å². The fourth-order valence-corrected chi connectivity index (χ4v) is 4.57. The van der Waals surface area contributed by atoms with E-state index in [4.69, 9.17) is 11.6 Å². The third kappa shape index (κ3) is 5.32. The third-order valence-corrected chi connectivity index (χ3v) is 6.66. The van der Waals surface area contributed by atoms with Gasteiger partial charge in [-0.2, -0.15) is 0 Å². The number of piperazine rings is 1. The number of anilines is 1. The summed E-state index contributed by atoms with van der Waals surface area (Å²) in [5.41, 5.74) is 1.82. The minimum Gasteiger partial charge on any atom is -0.369 e. The molecule has 0 aliphatic carbocycles. The Kier molecular flexibility index (Phi) is 6.90. The van der Waals surface area contributed by atoms with Gasteiger partial charge in [0.05, 0.1) is 0 Å². The van der Waals surface area contributed by atoms with Crippen LogP contribution in [0.5, 0.6) is 0 Å². The van der Waals surface area contributed by atoms with Gasteiger partial charge >= 0.3 is 0 Å². The smallest absolute Gasteiger partial charge is 0.253 e. The van der Waals surface area contributed by atoms with Crippen LogP contribution in [0.15, 0.2) is 48.5 Å². The second-order valence-electron chi connectivity index (χ2n) is 8.34. The lowest BCUT2D eigenvalue weighted by atomic mass is 9.93. The number of carbonyl (C=O) groups excluding carboxylic acids is 1. The first-order valence-corrected chi connectivity index (χ1v) is 11.2. The predicted molar refractivity (Wildman–Crippen MR) is 120 cm³/mol. The van der Waals surface area contributed by atoms with Crippen LogP contribution in [0.4, 0.5) is 10.1 Å². The van der Waals surface area contributed by atoms with Crippen LogP contribution in [0.2, 0.25) is 5.02 Å². The van der Waals surface area contributed by atoms with Crippen molar-refractivity contribution < 1.29 is 9.18 Å². The monoisotopic (exact) mass is 429 g/mol. The van der Waals surface area contributed by atoms with Gasteiger partial charge < -0.3 is 9.80 Å². The number of rotatable bonds is 5. The molecule has 0 saturated carbocycles. The third-order valence-electron chi connectivity index (χ3n) is 6.41. The van der Waals surface area contributed by atoms with Gasteiger partial charge in [-0.3, -0.25) is 9.69 Å². The Hall–Kier alpha value is -2.11. The van der Waals surface area contributed by atoms with Crippen LogP contribution in [-0.4, -0.2) is 61.5 Å². The van der Waals surface area contributed by atoms with Crippen LogP contribution in [0.3, 0.4) is 0 Å².